The van der Waals surface area contributed by atoms with Crippen LogP contribution in [0.1, 0.15) is 16.1 Å². The van der Waals surface area contributed by atoms with Crippen LogP contribution in [-0.4, -0.2) is 49.7 Å². The molecule has 1 fully saturated rings. The number of carbonyl (C=O) groups excluding carboxylic acids is 1. The number of carbonyl (C=O) groups is 1. The molecule has 3 rings (SSSR count). The highest BCUT2D eigenvalue weighted by Crippen LogP contribution is 2.22. The van der Waals surface area contributed by atoms with Crippen LogP contribution in [0.15, 0.2) is 39.8 Å². The molecule has 6 nitrogen and oxygen atoms in total. The Morgan fingerprint density at radius 2 is 1.80 bits per heavy atom. The summed E-state index contributed by atoms with van der Waals surface area (Å²) >= 11 is 0. The number of nitrogens with zero attached hydrogens (tertiary/aromatic N) is 2. The molecule has 2 heterocycles. The minimum Gasteiger partial charge on any atom is -0.459 e. The molecule has 0 aliphatic carbocycles. The summed E-state index contributed by atoms with van der Waals surface area (Å²) in [4.78, 5) is 13.3. The average molecular weight is 370 g/mol. The van der Waals surface area contributed by atoms with Crippen LogP contribution in [0.5, 0.6) is 0 Å². The summed E-state index contributed by atoms with van der Waals surface area (Å²) in [6.07, 6.45) is 1.42. The molecule has 0 bridgehead atoms. The van der Waals surface area contributed by atoms with Crippen LogP contribution in [0, 0.1) is 18.6 Å². The van der Waals surface area contributed by atoms with Crippen molar-refractivity contribution in [2.24, 2.45) is 0 Å². The van der Waals surface area contributed by atoms with Gasteiger partial charge in [0, 0.05) is 37.8 Å². The first-order valence-corrected chi connectivity index (χ1v) is 9.03. The molecule has 2 aromatic rings. The van der Waals surface area contributed by atoms with Crippen molar-refractivity contribution in [1.29, 1.82) is 0 Å². The molecule has 1 amide bonds. The lowest BCUT2D eigenvalue weighted by atomic mass is 10.2. The standard InChI is InChI=1S/C16H16F2N2O4S/c1-11-4-9-24-15(11)16(21)19-5-7-20(8-6-19)25(22,23)14-3-2-12(17)10-13(14)18/h2-4,9-10H,5-8H2,1H3. The van der Waals surface area contributed by atoms with E-state index in [1.807, 2.05) is 0 Å². The summed E-state index contributed by atoms with van der Waals surface area (Å²) in [6.45, 7) is 2.09. The maximum Gasteiger partial charge on any atom is 0.289 e. The fraction of sp³-hybridized carbons (Fsp3) is 0.312. The normalized spacial score (nSPS) is 16.2. The zero-order chi connectivity index (χ0) is 18.2. The largest absolute Gasteiger partial charge is 0.459 e. The van der Waals surface area contributed by atoms with Crippen LogP contribution in [0.3, 0.4) is 0 Å². The number of sulfonamides is 1. The van der Waals surface area contributed by atoms with Gasteiger partial charge in [-0.15, -0.1) is 0 Å². The smallest absolute Gasteiger partial charge is 0.289 e. The molecule has 0 N–H and O–H groups in total. The maximum atomic E-state index is 13.8. The predicted molar refractivity (Wildman–Crippen MR) is 84.5 cm³/mol. The number of aryl methyl sites for hydroxylation is 1. The SMILES string of the molecule is Cc1ccoc1C(=O)N1CCN(S(=O)(=O)c2ccc(F)cc2F)CC1. The molecule has 1 aliphatic heterocycles. The summed E-state index contributed by atoms with van der Waals surface area (Å²) in [6, 6.07) is 4.01. The van der Waals surface area contributed by atoms with Crippen molar-refractivity contribution in [3.05, 3.63) is 53.5 Å². The van der Waals surface area contributed by atoms with Crippen molar-refractivity contribution in [3.63, 3.8) is 0 Å². The Kier molecular flexibility index (Phi) is 4.61. The van der Waals surface area contributed by atoms with Crippen LogP contribution >= 0.6 is 0 Å². The van der Waals surface area contributed by atoms with Crippen LogP contribution in [-0.2, 0) is 10.0 Å². The van der Waals surface area contributed by atoms with E-state index in [0.717, 1.165) is 16.4 Å². The molecular weight excluding hydrogens is 354 g/mol. The van der Waals surface area contributed by atoms with E-state index in [-0.39, 0.29) is 37.8 Å². The van der Waals surface area contributed by atoms with Crippen LogP contribution < -0.4 is 0 Å². The second-order valence-corrected chi connectivity index (χ2v) is 7.61. The Morgan fingerprint density at radius 3 is 2.36 bits per heavy atom. The fourth-order valence-electron chi connectivity index (χ4n) is 2.69. The van der Waals surface area contributed by atoms with E-state index in [1.165, 1.54) is 11.2 Å². The van der Waals surface area contributed by atoms with E-state index in [4.69, 9.17) is 4.42 Å². The third kappa shape index (κ3) is 3.29. The highest BCUT2D eigenvalue weighted by molar-refractivity contribution is 7.89. The molecule has 0 saturated carbocycles. The van der Waals surface area contributed by atoms with Gasteiger partial charge in [0.05, 0.1) is 6.26 Å². The quantitative estimate of drug-likeness (QED) is 0.829. The second kappa shape index (κ2) is 6.57. The molecule has 1 aromatic carbocycles. The van der Waals surface area contributed by atoms with Gasteiger partial charge in [0.2, 0.25) is 10.0 Å². The van der Waals surface area contributed by atoms with Crippen LogP contribution in [0.25, 0.3) is 0 Å². The molecule has 25 heavy (non-hydrogen) atoms. The molecule has 9 heteroatoms. The summed E-state index contributed by atoms with van der Waals surface area (Å²) in [5.41, 5.74) is 0.702. The van der Waals surface area contributed by atoms with Gasteiger partial charge in [-0.25, -0.2) is 17.2 Å². The summed E-state index contributed by atoms with van der Waals surface area (Å²) in [7, 11) is -4.09. The highest BCUT2D eigenvalue weighted by Gasteiger charge is 2.33. The number of benzene rings is 1. The number of rotatable bonds is 3. The number of hydrogen-bond donors (Lipinski definition) is 0. The van der Waals surface area contributed by atoms with Crippen LogP contribution in [0.2, 0.25) is 0 Å². The van der Waals surface area contributed by atoms with Gasteiger partial charge in [-0.3, -0.25) is 4.79 Å². The van der Waals surface area contributed by atoms with Crippen molar-refractivity contribution < 1.29 is 26.4 Å². The molecule has 134 valence electrons. The first-order chi connectivity index (χ1) is 11.8. The molecule has 0 radical (unpaired) electrons. The Morgan fingerprint density at radius 1 is 1.12 bits per heavy atom. The summed E-state index contributed by atoms with van der Waals surface area (Å²) < 4.78 is 58.1. The Hall–Kier alpha value is -2.26. The Balaban J connectivity index is 1.73. The first-order valence-electron chi connectivity index (χ1n) is 7.59. The predicted octanol–water partition coefficient (Wildman–Crippen LogP) is 2.01. The number of furan rings is 1. The van der Waals surface area contributed by atoms with Gasteiger partial charge in [-0.2, -0.15) is 4.31 Å². The van der Waals surface area contributed by atoms with E-state index in [1.54, 1.807) is 13.0 Å². The Bertz CT molecular complexity index is 903. The van der Waals surface area contributed by atoms with Crippen molar-refractivity contribution in [2.45, 2.75) is 11.8 Å². The number of amides is 1. The molecule has 1 aromatic heterocycles. The van der Waals surface area contributed by atoms with E-state index in [0.29, 0.717) is 11.6 Å². The van der Waals surface area contributed by atoms with E-state index in [9.17, 15) is 22.0 Å². The molecule has 1 saturated heterocycles. The van der Waals surface area contributed by atoms with Crippen molar-refractivity contribution in [1.82, 2.24) is 9.21 Å². The maximum absolute atomic E-state index is 13.8. The number of piperazine rings is 1. The minimum atomic E-state index is -4.09. The summed E-state index contributed by atoms with van der Waals surface area (Å²) in [5, 5.41) is 0. The lowest BCUT2D eigenvalue weighted by Crippen LogP contribution is -2.50. The van der Waals surface area contributed by atoms with Gasteiger partial charge in [0.15, 0.2) is 5.76 Å². The first kappa shape index (κ1) is 17.6. The molecule has 0 spiro atoms. The molecule has 0 atom stereocenters. The van der Waals surface area contributed by atoms with Crippen LogP contribution in [0.4, 0.5) is 8.78 Å². The van der Waals surface area contributed by atoms with Crippen molar-refractivity contribution in [3.8, 4) is 0 Å². The van der Waals surface area contributed by atoms with Crippen molar-refractivity contribution >= 4 is 15.9 Å². The lowest BCUT2D eigenvalue weighted by Gasteiger charge is -2.33. The van der Waals surface area contributed by atoms with Gasteiger partial charge in [0.25, 0.3) is 5.91 Å². The van der Waals surface area contributed by atoms with Gasteiger partial charge in [-0.1, -0.05) is 0 Å². The zero-order valence-electron chi connectivity index (χ0n) is 13.4. The molecular formula is C16H16F2N2O4S. The summed E-state index contributed by atoms with van der Waals surface area (Å²) in [5.74, 6) is -2.07. The van der Waals surface area contributed by atoms with Gasteiger partial charge < -0.3 is 9.32 Å². The Labute approximate surface area is 143 Å². The average Bonchev–Trinajstić information content (AvgIpc) is 3.00. The van der Waals surface area contributed by atoms with E-state index < -0.39 is 26.6 Å². The van der Waals surface area contributed by atoms with Crippen molar-refractivity contribution in [2.75, 3.05) is 26.2 Å². The van der Waals surface area contributed by atoms with Gasteiger partial charge in [0.1, 0.15) is 16.5 Å². The van der Waals surface area contributed by atoms with E-state index >= 15 is 0 Å². The molecule has 0 unspecified atom stereocenters. The third-order valence-electron chi connectivity index (χ3n) is 4.09. The van der Waals surface area contributed by atoms with E-state index in [2.05, 4.69) is 0 Å². The number of hydrogen-bond acceptors (Lipinski definition) is 4. The monoisotopic (exact) mass is 370 g/mol. The third-order valence-corrected chi connectivity index (χ3v) is 6.03. The number of halogens is 2. The zero-order valence-corrected chi connectivity index (χ0v) is 14.2. The van der Waals surface area contributed by atoms with Gasteiger partial charge in [-0.05, 0) is 25.1 Å². The fourth-order valence-corrected chi connectivity index (χ4v) is 4.16. The molecule has 1 aliphatic rings. The second-order valence-electron chi connectivity index (χ2n) is 5.70. The topological polar surface area (TPSA) is 70.8 Å². The van der Waals surface area contributed by atoms with Gasteiger partial charge >= 0.3 is 0 Å². The highest BCUT2D eigenvalue weighted by atomic mass is 32.2. The minimum absolute atomic E-state index is 0.0185. The lowest BCUT2D eigenvalue weighted by molar-refractivity contribution is 0.0664.